The average molecular weight is 373 g/mol. The van der Waals surface area contributed by atoms with Crippen molar-refractivity contribution in [3.05, 3.63) is 39.6 Å². The Balaban J connectivity index is 1.37. The first-order valence-corrected chi connectivity index (χ1v) is 9.45. The zero-order valence-electron chi connectivity index (χ0n) is 14.4. The zero-order chi connectivity index (χ0) is 18.1. The molecule has 0 bridgehead atoms. The van der Waals surface area contributed by atoms with Gasteiger partial charge in [-0.3, -0.25) is 4.79 Å². The van der Waals surface area contributed by atoms with Gasteiger partial charge in [-0.25, -0.2) is 4.79 Å². The summed E-state index contributed by atoms with van der Waals surface area (Å²) in [6.07, 6.45) is 3.46. The number of carbonyl (C=O) groups is 2. The lowest BCUT2D eigenvalue weighted by Gasteiger charge is -2.13. The summed E-state index contributed by atoms with van der Waals surface area (Å²) >= 11 is 1.48. The van der Waals surface area contributed by atoms with Gasteiger partial charge in [0.1, 0.15) is 4.88 Å². The van der Waals surface area contributed by atoms with Gasteiger partial charge in [0.15, 0.2) is 17.6 Å². The summed E-state index contributed by atoms with van der Waals surface area (Å²) in [6, 6.07) is 7.03. The van der Waals surface area contributed by atoms with Crippen LogP contribution in [0.4, 0.5) is 5.69 Å². The SMILES string of the molecule is C[C@@H](OC(=O)c1cc2c(s1)CCCC2)C(=O)Nc1ccc2c(c1)OCO2. The number of hydrogen-bond donors (Lipinski definition) is 1. The number of carbonyl (C=O) groups excluding carboxylic acids is 2. The number of ether oxygens (including phenoxy) is 3. The highest BCUT2D eigenvalue weighted by atomic mass is 32.1. The summed E-state index contributed by atoms with van der Waals surface area (Å²) in [6.45, 7) is 1.74. The number of thiophene rings is 1. The van der Waals surface area contributed by atoms with E-state index in [2.05, 4.69) is 5.32 Å². The molecule has 7 heteroatoms. The van der Waals surface area contributed by atoms with Gasteiger partial charge in [0.2, 0.25) is 6.79 Å². The molecule has 0 saturated heterocycles. The van der Waals surface area contributed by atoms with E-state index < -0.39 is 18.0 Å². The third-order valence-corrected chi connectivity index (χ3v) is 5.71. The van der Waals surface area contributed by atoms with Crippen molar-refractivity contribution in [2.75, 3.05) is 12.1 Å². The first-order valence-electron chi connectivity index (χ1n) is 8.63. The Morgan fingerprint density at radius 2 is 1.96 bits per heavy atom. The average Bonchev–Trinajstić information content (AvgIpc) is 3.27. The van der Waals surface area contributed by atoms with E-state index in [1.54, 1.807) is 25.1 Å². The number of esters is 1. The quantitative estimate of drug-likeness (QED) is 0.830. The molecule has 1 atom stereocenters. The molecule has 6 nitrogen and oxygen atoms in total. The van der Waals surface area contributed by atoms with Crippen LogP contribution >= 0.6 is 11.3 Å². The number of nitrogens with one attached hydrogen (secondary N) is 1. The van der Waals surface area contributed by atoms with E-state index in [9.17, 15) is 9.59 Å². The van der Waals surface area contributed by atoms with E-state index in [1.165, 1.54) is 21.8 Å². The largest absolute Gasteiger partial charge is 0.454 e. The van der Waals surface area contributed by atoms with Crippen molar-refractivity contribution in [3.63, 3.8) is 0 Å². The van der Waals surface area contributed by atoms with Crippen LogP contribution in [0.2, 0.25) is 0 Å². The Hall–Kier alpha value is -2.54. The normalized spacial score (nSPS) is 15.9. The van der Waals surface area contributed by atoms with E-state index >= 15 is 0 Å². The molecule has 0 radical (unpaired) electrons. The van der Waals surface area contributed by atoms with Crippen LogP contribution in [0.1, 0.15) is 39.9 Å². The molecule has 2 aromatic rings. The first kappa shape index (κ1) is 16.9. The molecule has 1 N–H and O–H groups in total. The van der Waals surface area contributed by atoms with Gasteiger partial charge in [0, 0.05) is 16.6 Å². The molecule has 0 unspecified atom stereocenters. The van der Waals surface area contributed by atoms with E-state index in [1.807, 2.05) is 6.07 Å². The van der Waals surface area contributed by atoms with Crippen molar-refractivity contribution < 1.29 is 23.8 Å². The van der Waals surface area contributed by atoms with Crippen molar-refractivity contribution in [3.8, 4) is 11.5 Å². The van der Waals surface area contributed by atoms with Crippen molar-refractivity contribution in [2.24, 2.45) is 0 Å². The lowest BCUT2D eigenvalue weighted by atomic mass is 9.99. The summed E-state index contributed by atoms with van der Waals surface area (Å²) < 4.78 is 15.9. The summed E-state index contributed by atoms with van der Waals surface area (Å²) in [5.41, 5.74) is 1.81. The molecule has 0 fully saturated rings. The number of amides is 1. The molecule has 0 saturated carbocycles. The summed E-state index contributed by atoms with van der Waals surface area (Å²) in [4.78, 5) is 26.5. The second-order valence-electron chi connectivity index (χ2n) is 6.37. The van der Waals surface area contributed by atoms with Gasteiger partial charge in [0.25, 0.3) is 5.91 Å². The standard InChI is InChI=1S/C19H19NO5S/c1-11(18(21)20-13-6-7-14-15(9-13)24-10-23-14)25-19(22)17-8-12-4-2-3-5-16(12)26-17/h6-9,11H,2-5,10H2,1H3,(H,20,21)/t11-/m1/s1. The molecule has 26 heavy (non-hydrogen) atoms. The monoisotopic (exact) mass is 373 g/mol. The topological polar surface area (TPSA) is 73.9 Å². The van der Waals surface area contributed by atoms with Gasteiger partial charge in [-0.05, 0) is 56.4 Å². The number of rotatable bonds is 4. The first-order chi connectivity index (χ1) is 12.6. The molecule has 1 aliphatic heterocycles. The molecule has 1 amide bonds. The predicted octanol–water partition coefficient (Wildman–Crippen LogP) is 3.54. The van der Waals surface area contributed by atoms with E-state index in [0.717, 1.165) is 25.7 Å². The molecule has 2 heterocycles. The van der Waals surface area contributed by atoms with Gasteiger partial charge < -0.3 is 19.5 Å². The maximum atomic E-state index is 12.4. The fourth-order valence-electron chi connectivity index (χ4n) is 3.08. The van der Waals surface area contributed by atoms with Crippen LogP contribution in [-0.4, -0.2) is 24.8 Å². The lowest BCUT2D eigenvalue weighted by molar-refractivity contribution is -0.123. The second-order valence-corrected chi connectivity index (χ2v) is 7.51. The van der Waals surface area contributed by atoms with Crippen molar-refractivity contribution >= 4 is 28.9 Å². The maximum absolute atomic E-state index is 12.4. The molecule has 136 valence electrons. The number of hydrogen-bond acceptors (Lipinski definition) is 6. The third-order valence-electron chi connectivity index (χ3n) is 4.49. The minimum absolute atomic E-state index is 0.172. The Labute approximate surface area is 155 Å². The highest BCUT2D eigenvalue weighted by Crippen LogP contribution is 2.34. The fraction of sp³-hybridized carbons (Fsp3) is 0.368. The molecular formula is C19H19NO5S. The molecule has 2 aliphatic rings. The minimum Gasteiger partial charge on any atom is -0.454 e. The van der Waals surface area contributed by atoms with Crippen LogP contribution in [0.5, 0.6) is 11.5 Å². The van der Waals surface area contributed by atoms with Crippen LogP contribution in [0.25, 0.3) is 0 Å². The van der Waals surface area contributed by atoms with Gasteiger partial charge in [-0.2, -0.15) is 0 Å². The highest BCUT2D eigenvalue weighted by Gasteiger charge is 2.23. The Morgan fingerprint density at radius 1 is 1.15 bits per heavy atom. The Bertz CT molecular complexity index is 836. The van der Waals surface area contributed by atoms with Crippen LogP contribution in [0, 0.1) is 0 Å². The van der Waals surface area contributed by atoms with Crippen LogP contribution in [-0.2, 0) is 22.4 Å². The van der Waals surface area contributed by atoms with E-state index in [4.69, 9.17) is 14.2 Å². The smallest absolute Gasteiger partial charge is 0.349 e. The molecule has 1 aromatic carbocycles. The van der Waals surface area contributed by atoms with Gasteiger partial charge in [-0.1, -0.05) is 0 Å². The number of fused-ring (bicyclic) bond motifs is 2. The van der Waals surface area contributed by atoms with Crippen molar-refractivity contribution in [2.45, 2.75) is 38.7 Å². The summed E-state index contributed by atoms with van der Waals surface area (Å²) in [5.74, 6) is 0.386. The van der Waals surface area contributed by atoms with Crippen molar-refractivity contribution in [1.82, 2.24) is 0 Å². The summed E-state index contributed by atoms with van der Waals surface area (Å²) in [5, 5.41) is 2.73. The molecule has 4 rings (SSSR count). The number of anilines is 1. The number of benzene rings is 1. The highest BCUT2D eigenvalue weighted by molar-refractivity contribution is 7.14. The molecule has 1 aromatic heterocycles. The molecular weight excluding hydrogens is 354 g/mol. The Morgan fingerprint density at radius 3 is 2.81 bits per heavy atom. The summed E-state index contributed by atoms with van der Waals surface area (Å²) in [7, 11) is 0. The van der Waals surface area contributed by atoms with E-state index in [0.29, 0.717) is 22.1 Å². The second kappa shape index (κ2) is 6.99. The van der Waals surface area contributed by atoms with Crippen LogP contribution in [0.3, 0.4) is 0 Å². The van der Waals surface area contributed by atoms with Crippen LogP contribution < -0.4 is 14.8 Å². The predicted molar refractivity (Wildman–Crippen MR) is 97.0 cm³/mol. The van der Waals surface area contributed by atoms with E-state index in [-0.39, 0.29) is 6.79 Å². The lowest BCUT2D eigenvalue weighted by Crippen LogP contribution is -2.29. The van der Waals surface area contributed by atoms with Crippen molar-refractivity contribution in [1.29, 1.82) is 0 Å². The fourth-order valence-corrected chi connectivity index (χ4v) is 4.22. The third kappa shape index (κ3) is 3.39. The van der Waals surface area contributed by atoms with Gasteiger partial charge >= 0.3 is 5.97 Å². The van der Waals surface area contributed by atoms with Crippen LogP contribution in [0.15, 0.2) is 24.3 Å². The number of aryl methyl sites for hydroxylation is 2. The molecule has 0 spiro atoms. The minimum atomic E-state index is -0.896. The van der Waals surface area contributed by atoms with Gasteiger partial charge in [-0.15, -0.1) is 11.3 Å². The Kier molecular flexibility index (Phi) is 4.55. The zero-order valence-corrected chi connectivity index (χ0v) is 15.2. The van der Waals surface area contributed by atoms with Gasteiger partial charge in [0.05, 0.1) is 0 Å². The maximum Gasteiger partial charge on any atom is 0.349 e. The molecule has 1 aliphatic carbocycles.